The summed E-state index contributed by atoms with van der Waals surface area (Å²) >= 11 is 0. The molecule has 0 radical (unpaired) electrons. The van der Waals surface area contributed by atoms with E-state index >= 15 is 0 Å². The predicted molar refractivity (Wildman–Crippen MR) is 74.0 cm³/mol. The maximum atomic E-state index is 12.4. The molecule has 0 unspecified atom stereocenters. The van der Waals surface area contributed by atoms with Crippen LogP contribution in [0, 0.1) is 0 Å². The Labute approximate surface area is 114 Å². The Bertz CT molecular complexity index is 437. The third-order valence-electron chi connectivity index (χ3n) is 3.02. The summed E-state index contributed by atoms with van der Waals surface area (Å²) in [7, 11) is 1.32. The van der Waals surface area contributed by atoms with E-state index in [0.29, 0.717) is 5.56 Å². The summed E-state index contributed by atoms with van der Waals surface area (Å²) in [6.07, 6.45) is 0.935. The van der Waals surface area contributed by atoms with Crippen LogP contribution in [0.4, 0.5) is 0 Å². The molecule has 0 spiro atoms. The van der Waals surface area contributed by atoms with E-state index in [0.717, 1.165) is 6.42 Å². The average molecular weight is 263 g/mol. The summed E-state index contributed by atoms with van der Waals surface area (Å²) in [5, 5.41) is 0. The quantitative estimate of drug-likeness (QED) is 0.766. The molecule has 1 aromatic rings. The average Bonchev–Trinajstić information content (AvgIpc) is 2.43. The third kappa shape index (κ3) is 4.09. The summed E-state index contributed by atoms with van der Waals surface area (Å²) in [5.41, 5.74) is 1.77. The zero-order valence-electron chi connectivity index (χ0n) is 12.0. The molecule has 0 bridgehead atoms. The van der Waals surface area contributed by atoms with Gasteiger partial charge in [-0.1, -0.05) is 19.1 Å². The Morgan fingerprint density at radius 1 is 1.21 bits per heavy atom. The number of nitrogens with zero attached hydrogens (tertiary/aromatic N) is 1. The predicted octanol–water partition coefficient (Wildman–Crippen LogP) is 2.27. The van der Waals surface area contributed by atoms with Gasteiger partial charge in [-0.3, -0.25) is 9.59 Å². The second-order valence-corrected chi connectivity index (χ2v) is 4.65. The number of carbonyl (C=O) groups is 2. The van der Waals surface area contributed by atoms with Crippen molar-refractivity contribution in [2.24, 2.45) is 0 Å². The first-order valence-corrected chi connectivity index (χ1v) is 6.46. The van der Waals surface area contributed by atoms with Crippen LogP contribution in [0.5, 0.6) is 0 Å². The molecule has 0 saturated carbocycles. The molecule has 1 amide bonds. The van der Waals surface area contributed by atoms with Crippen LogP contribution < -0.4 is 0 Å². The monoisotopic (exact) mass is 263 g/mol. The number of methoxy groups -OCH3 is 1. The van der Waals surface area contributed by atoms with Crippen molar-refractivity contribution in [3.63, 3.8) is 0 Å². The maximum Gasteiger partial charge on any atom is 0.325 e. The molecule has 0 saturated heterocycles. The highest BCUT2D eigenvalue weighted by atomic mass is 16.5. The highest BCUT2D eigenvalue weighted by Gasteiger charge is 2.21. The second kappa shape index (κ2) is 6.92. The van der Waals surface area contributed by atoms with E-state index < -0.39 is 5.97 Å². The van der Waals surface area contributed by atoms with Crippen LogP contribution in [0.1, 0.15) is 36.7 Å². The van der Waals surface area contributed by atoms with Gasteiger partial charge in [-0.05, 0) is 38.0 Å². The molecule has 104 valence electrons. The minimum absolute atomic E-state index is 0.0253. The van der Waals surface area contributed by atoms with Gasteiger partial charge in [0.15, 0.2) is 0 Å². The fourth-order valence-corrected chi connectivity index (χ4v) is 1.74. The molecular weight excluding hydrogens is 242 g/mol. The second-order valence-electron chi connectivity index (χ2n) is 4.65. The first kappa shape index (κ1) is 15.2. The van der Waals surface area contributed by atoms with Crippen molar-refractivity contribution in [1.82, 2.24) is 4.90 Å². The van der Waals surface area contributed by atoms with Crippen molar-refractivity contribution in [2.45, 2.75) is 33.2 Å². The number of esters is 1. The van der Waals surface area contributed by atoms with Gasteiger partial charge < -0.3 is 9.64 Å². The minimum Gasteiger partial charge on any atom is -0.468 e. The summed E-state index contributed by atoms with van der Waals surface area (Å²) in [4.78, 5) is 25.2. The standard InChI is InChI=1S/C15H21NO3/c1-5-12-6-8-13(9-7-12)15(18)16(11(2)3)10-14(17)19-4/h6-9,11H,5,10H2,1-4H3. The molecule has 0 N–H and O–H groups in total. The zero-order chi connectivity index (χ0) is 14.4. The molecule has 0 aromatic heterocycles. The zero-order valence-corrected chi connectivity index (χ0v) is 12.0. The van der Waals surface area contributed by atoms with Crippen LogP contribution in [0.2, 0.25) is 0 Å². The highest BCUT2D eigenvalue weighted by Crippen LogP contribution is 2.11. The van der Waals surface area contributed by atoms with E-state index in [1.54, 1.807) is 12.1 Å². The minimum atomic E-state index is -0.410. The Balaban J connectivity index is 2.89. The fraction of sp³-hybridized carbons (Fsp3) is 0.467. The molecule has 0 heterocycles. The van der Waals surface area contributed by atoms with E-state index in [9.17, 15) is 9.59 Å². The van der Waals surface area contributed by atoms with Gasteiger partial charge in [0.1, 0.15) is 6.54 Å². The summed E-state index contributed by atoms with van der Waals surface area (Å²) in [5.74, 6) is -0.560. The summed E-state index contributed by atoms with van der Waals surface area (Å²) in [6.45, 7) is 5.79. The third-order valence-corrected chi connectivity index (χ3v) is 3.02. The molecular formula is C15H21NO3. The number of hydrogen-bond acceptors (Lipinski definition) is 3. The molecule has 0 atom stereocenters. The van der Waals surface area contributed by atoms with Crippen molar-refractivity contribution in [3.8, 4) is 0 Å². The largest absolute Gasteiger partial charge is 0.468 e. The molecule has 1 rings (SSSR count). The Kier molecular flexibility index (Phi) is 5.55. The van der Waals surface area contributed by atoms with Crippen LogP contribution in [-0.2, 0) is 16.0 Å². The highest BCUT2D eigenvalue weighted by molar-refractivity contribution is 5.96. The van der Waals surface area contributed by atoms with Crippen LogP contribution >= 0.6 is 0 Å². The molecule has 4 nitrogen and oxygen atoms in total. The Morgan fingerprint density at radius 3 is 2.21 bits per heavy atom. The normalized spacial score (nSPS) is 10.4. The SMILES string of the molecule is CCc1ccc(C(=O)N(CC(=O)OC)C(C)C)cc1. The molecule has 0 aliphatic heterocycles. The van der Waals surface area contributed by atoms with Crippen molar-refractivity contribution in [2.75, 3.05) is 13.7 Å². The number of aryl methyl sites for hydroxylation is 1. The molecule has 0 aliphatic carbocycles. The molecule has 19 heavy (non-hydrogen) atoms. The number of ether oxygens (including phenoxy) is 1. The van der Waals surface area contributed by atoms with Gasteiger partial charge in [0.25, 0.3) is 5.91 Å². The number of amides is 1. The van der Waals surface area contributed by atoms with Crippen LogP contribution in [0.15, 0.2) is 24.3 Å². The van der Waals surface area contributed by atoms with Gasteiger partial charge in [0, 0.05) is 11.6 Å². The van der Waals surface area contributed by atoms with Gasteiger partial charge >= 0.3 is 5.97 Å². The number of rotatable bonds is 5. The number of hydrogen-bond donors (Lipinski definition) is 0. The van der Waals surface area contributed by atoms with E-state index in [4.69, 9.17) is 0 Å². The van der Waals surface area contributed by atoms with Crippen LogP contribution in [-0.4, -0.2) is 36.5 Å². The van der Waals surface area contributed by atoms with Crippen LogP contribution in [0.3, 0.4) is 0 Å². The molecule has 1 aromatic carbocycles. The van der Waals surface area contributed by atoms with Gasteiger partial charge in [-0.2, -0.15) is 0 Å². The number of carbonyl (C=O) groups excluding carboxylic acids is 2. The van der Waals surface area contributed by atoms with Gasteiger partial charge in [0.2, 0.25) is 0 Å². The van der Waals surface area contributed by atoms with E-state index in [1.807, 2.05) is 26.0 Å². The lowest BCUT2D eigenvalue weighted by molar-refractivity contribution is -0.141. The Hall–Kier alpha value is -1.84. The van der Waals surface area contributed by atoms with Crippen molar-refractivity contribution in [1.29, 1.82) is 0 Å². The summed E-state index contributed by atoms with van der Waals surface area (Å²) in [6, 6.07) is 7.41. The van der Waals surface area contributed by atoms with E-state index in [-0.39, 0.29) is 18.5 Å². The molecule has 4 heteroatoms. The lowest BCUT2D eigenvalue weighted by Gasteiger charge is -2.25. The van der Waals surface area contributed by atoms with Crippen molar-refractivity contribution >= 4 is 11.9 Å². The van der Waals surface area contributed by atoms with Gasteiger partial charge in [0.05, 0.1) is 7.11 Å². The Morgan fingerprint density at radius 2 is 1.79 bits per heavy atom. The molecule has 0 fully saturated rings. The first-order valence-electron chi connectivity index (χ1n) is 6.46. The van der Waals surface area contributed by atoms with E-state index in [1.165, 1.54) is 17.6 Å². The topological polar surface area (TPSA) is 46.6 Å². The van der Waals surface area contributed by atoms with Crippen molar-refractivity contribution < 1.29 is 14.3 Å². The molecule has 0 aliphatic rings. The lowest BCUT2D eigenvalue weighted by atomic mass is 10.1. The summed E-state index contributed by atoms with van der Waals surface area (Å²) < 4.78 is 4.62. The van der Waals surface area contributed by atoms with Crippen LogP contribution in [0.25, 0.3) is 0 Å². The number of benzene rings is 1. The van der Waals surface area contributed by atoms with Gasteiger partial charge in [-0.15, -0.1) is 0 Å². The maximum absolute atomic E-state index is 12.4. The van der Waals surface area contributed by atoms with Gasteiger partial charge in [-0.25, -0.2) is 0 Å². The lowest BCUT2D eigenvalue weighted by Crippen LogP contribution is -2.41. The smallest absolute Gasteiger partial charge is 0.325 e. The fourth-order valence-electron chi connectivity index (χ4n) is 1.74. The first-order chi connectivity index (χ1) is 8.99. The van der Waals surface area contributed by atoms with E-state index in [2.05, 4.69) is 11.7 Å². The van der Waals surface area contributed by atoms with Crippen molar-refractivity contribution in [3.05, 3.63) is 35.4 Å².